The first-order valence-corrected chi connectivity index (χ1v) is 11.2. The number of nitrogens with two attached hydrogens (primary N) is 1. The molecule has 2 heterocycles. The van der Waals surface area contributed by atoms with Crippen molar-refractivity contribution in [2.24, 2.45) is 11.7 Å². The Hall–Kier alpha value is -2.71. The third kappa shape index (κ3) is 5.02. The first-order chi connectivity index (χ1) is 15.4. The zero-order valence-corrected chi connectivity index (χ0v) is 18.4. The number of amides is 3. The Morgan fingerprint density at radius 1 is 1.22 bits per heavy atom. The number of pyridine rings is 1. The molecule has 9 heteroatoms. The average molecular weight is 460 g/mol. The van der Waals surface area contributed by atoms with Crippen molar-refractivity contribution < 1.29 is 14.0 Å². The smallest absolute Gasteiger partial charge is 0.321 e. The van der Waals surface area contributed by atoms with E-state index in [1.807, 2.05) is 0 Å². The topological polar surface area (TPSA) is 100 Å². The number of carbonyl (C=O) groups is 2. The number of rotatable bonds is 6. The van der Waals surface area contributed by atoms with Crippen LogP contribution in [0.2, 0.25) is 5.02 Å². The van der Waals surface area contributed by atoms with E-state index in [1.165, 1.54) is 12.1 Å². The van der Waals surface area contributed by atoms with Crippen molar-refractivity contribution in [2.45, 2.75) is 37.1 Å². The number of benzene rings is 1. The Morgan fingerprint density at radius 2 is 1.91 bits per heavy atom. The molecule has 1 atom stereocenters. The lowest BCUT2D eigenvalue weighted by molar-refractivity contribution is -0.124. The van der Waals surface area contributed by atoms with E-state index in [0.29, 0.717) is 43.2 Å². The molecule has 2 aromatic rings. The minimum atomic E-state index is -0.639. The monoisotopic (exact) mass is 459 g/mol. The van der Waals surface area contributed by atoms with E-state index in [4.69, 9.17) is 17.3 Å². The van der Waals surface area contributed by atoms with Gasteiger partial charge in [-0.05, 0) is 61.4 Å². The van der Waals surface area contributed by atoms with Crippen molar-refractivity contribution in [1.29, 1.82) is 0 Å². The summed E-state index contributed by atoms with van der Waals surface area (Å²) in [5.74, 6) is -0.569. The molecule has 1 aromatic carbocycles. The van der Waals surface area contributed by atoms with Crippen molar-refractivity contribution in [1.82, 2.24) is 15.2 Å². The van der Waals surface area contributed by atoms with Gasteiger partial charge in [-0.25, -0.2) is 9.18 Å². The van der Waals surface area contributed by atoms with Crippen LogP contribution in [0.3, 0.4) is 0 Å². The van der Waals surface area contributed by atoms with E-state index in [9.17, 15) is 14.0 Å². The molecule has 2 aliphatic rings. The second-order valence-corrected chi connectivity index (χ2v) is 9.05. The Kier molecular flexibility index (Phi) is 6.62. The predicted octanol–water partition coefficient (Wildman–Crippen LogP) is 3.29. The van der Waals surface area contributed by atoms with Gasteiger partial charge in [0, 0.05) is 48.2 Å². The van der Waals surface area contributed by atoms with Gasteiger partial charge < -0.3 is 21.3 Å². The summed E-state index contributed by atoms with van der Waals surface area (Å²) in [7, 11) is 0. The van der Waals surface area contributed by atoms with Crippen LogP contribution in [0.5, 0.6) is 0 Å². The lowest BCUT2D eigenvalue weighted by Crippen LogP contribution is -2.51. The summed E-state index contributed by atoms with van der Waals surface area (Å²) in [6.45, 7) is 1.51. The molecule has 0 radical (unpaired) electrons. The van der Waals surface area contributed by atoms with E-state index in [-0.39, 0.29) is 29.1 Å². The molecule has 0 spiro atoms. The molecular weight excluding hydrogens is 433 g/mol. The molecule has 32 heavy (non-hydrogen) atoms. The van der Waals surface area contributed by atoms with Crippen LogP contribution in [-0.4, -0.2) is 47.5 Å². The number of carbonyl (C=O) groups excluding carboxylic acids is 2. The molecule has 1 aliphatic carbocycles. The summed E-state index contributed by atoms with van der Waals surface area (Å²) in [5, 5.41) is 6.21. The van der Waals surface area contributed by atoms with E-state index in [1.54, 1.807) is 35.5 Å². The molecule has 3 amide bonds. The van der Waals surface area contributed by atoms with Crippen LogP contribution in [0, 0.1) is 11.7 Å². The van der Waals surface area contributed by atoms with Crippen LogP contribution in [0.4, 0.5) is 14.9 Å². The van der Waals surface area contributed by atoms with Gasteiger partial charge in [-0.1, -0.05) is 17.7 Å². The molecule has 1 aromatic heterocycles. The largest absolute Gasteiger partial charge is 0.354 e. The molecule has 4 rings (SSSR count). The summed E-state index contributed by atoms with van der Waals surface area (Å²) in [6.07, 6.45) is 6.34. The number of hydrogen-bond acceptors (Lipinski definition) is 4. The second-order valence-electron chi connectivity index (χ2n) is 8.64. The Balaban J connectivity index is 1.26. The summed E-state index contributed by atoms with van der Waals surface area (Å²) >= 11 is 6.23. The molecule has 1 aliphatic heterocycles. The van der Waals surface area contributed by atoms with E-state index >= 15 is 0 Å². The number of nitrogens with one attached hydrogen (secondary N) is 2. The highest BCUT2D eigenvalue weighted by molar-refractivity contribution is 6.31. The maximum Gasteiger partial charge on any atom is 0.321 e. The van der Waals surface area contributed by atoms with E-state index < -0.39 is 6.04 Å². The van der Waals surface area contributed by atoms with Gasteiger partial charge in [-0.2, -0.15) is 0 Å². The van der Waals surface area contributed by atoms with Gasteiger partial charge in [0.2, 0.25) is 5.91 Å². The maximum atomic E-state index is 13.4. The van der Waals surface area contributed by atoms with Crippen molar-refractivity contribution >= 4 is 29.2 Å². The molecule has 4 N–H and O–H groups in total. The van der Waals surface area contributed by atoms with Crippen molar-refractivity contribution in [3.8, 4) is 0 Å². The highest BCUT2D eigenvalue weighted by Gasteiger charge is 2.46. The molecule has 170 valence electrons. The average Bonchev–Trinajstić information content (AvgIpc) is 3.58. The fraction of sp³-hybridized carbons (Fsp3) is 0.435. The standard InChI is InChI=1S/C23H27ClFN5O2/c24-19-13-16(25)1-2-18(19)23(7-8-23)14-28-21(31)20(26)15-5-11-30(12-6-15)22(32)29-17-3-9-27-10-4-17/h1-4,9-10,13,15,20H,5-8,11-12,14,26H2,(H,28,31)(H,27,29,32). The number of piperidine rings is 1. The molecule has 0 bridgehead atoms. The number of hydrogen-bond donors (Lipinski definition) is 3. The van der Waals surface area contributed by atoms with Crippen molar-refractivity contribution in [3.63, 3.8) is 0 Å². The number of urea groups is 1. The Bertz CT molecular complexity index is 978. The number of halogens is 2. The molecule has 1 unspecified atom stereocenters. The molecular formula is C23H27ClFN5O2. The number of likely N-dealkylation sites (tertiary alicyclic amines) is 1. The van der Waals surface area contributed by atoms with Crippen molar-refractivity contribution in [3.05, 3.63) is 59.1 Å². The second kappa shape index (κ2) is 9.42. The zero-order valence-electron chi connectivity index (χ0n) is 17.7. The van der Waals surface area contributed by atoms with E-state index in [2.05, 4.69) is 15.6 Å². The maximum absolute atomic E-state index is 13.4. The van der Waals surface area contributed by atoms with Crippen LogP contribution in [0.15, 0.2) is 42.7 Å². The highest BCUT2D eigenvalue weighted by Crippen LogP contribution is 2.50. The van der Waals surface area contributed by atoms with Crippen LogP contribution in [0.25, 0.3) is 0 Å². The van der Waals surface area contributed by atoms with Gasteiger partial charge in [0.1, 0.15) is 5.82 Å². The highest BCUT2D eigenvalue weighted by atomic mass is 35.5. The van der Waals surface area contributed by atoms with Gasteiger partial charge in [-0.3, -0.25) is 9.78 Å². The van der Waals surface area contributed by atoms with Crippen LogP contribution >= 0.6 is 11.6 Å². The van der Waals surface area contributed by atoms with Gasteiger partial charge in [-0.15, -0.1) is 0 Å². The number of aromatic nitrogens is 1. The van der Waals surface area contributed by atoms with Gasteiger partial charge in [0.05, 0.1) is 6.04 Å². The van der Waals surface area contributed by atoms with Crippen molar-refractivity contribution in [2.75, 3.05) is 25.0 Å². The lowest BCUT2D eigenvalue weighted by atomic mass is 9.89. The first kappa shape index (κ1) is 22.5. The summed E-state index contributed by atoms with van der Waals surface area (Å²) < 4.78 is 13.4. The van der Waals surface area contributed by atoms with E-state index in [0.717, 1.165) is 18.4 Å². The summed E-state index contributed by atoms with van der Waals surface area (Å²) in [4.78, 5) is 30.8. The third-order valence-electron chi connectivity index (χ3n) is 6.53. The lowest BCUT2D eigenvalue weighted by Gasteiger charge is -2.34. The Labute approximate surface area is 191 Å². The number of anilines is 1. The van der Waals surface area contributed by atoms with Crippen LogP contribution < -0.4 is 16.4 Å². The quantitative estimate of drug-likeness (QED) is 0.617. The zero-order chi connectivity index (χ0) is 22.7. The van der Waals surface area contributed by atoms with Gasteiger partial charge in [0.15, 0.2) is 0 Å². The summed E-state index contributed by atoms with van der Waals surface area (Å²) in [6, 6.07) is 7.06. The summed E-state index contributed by atoms with van der Waals surface area (Å²) in [5.41, 5.74) is 7.58. The minimum absolute atomic E-state index is 0.00420. The van der Waals surface area contributed by atoms with Crippen LogP contribution in [0.1, 0.15) is 31.2 Å². The normalized spacial score (nSPS) is 18.7. The SMILES string of the molecule is NC(C(=O)NCC1(c2ccc(F)cc2Cl)CC1)C1CCN(C(=O)Nc2ccncc2)CC1. The fourth-order valence-corrected chi connectivity index (χ4v) is 4.67. The fourth-order valence-electron chi connectivity index (χ4n) is 4.30. The molecule has 1 saturated carbocycles. The van der Waals surface area contributed by atoms with Crippen LogP contribution in [-0.2, 0) is 10.2 Å². The first-order valence-electron chi connectivity index (χ1n) is 10.8. The molecule has 2 fully saturated rings. The number of nitrogens with zero attached hydrogens (tertiary/aromatic N) is 2. The Morgan fingerprint density at radius 3 is 2.53 bits per heavy atom. The molecule has 1 saturated heterocycles. The predicted molar refractivity (Wildman–Crippen MR) is 121 cm³/mol. The van der Waals surface area contributed by atoms with Gasteiger partial charge >= 0.3 is 6.03 Å². The third-order valence-corrected chi connectivity index (χ3v) is 6.84. The molecule has 7 nitrogen and oxygen atoms in total. The van der Waals surface area contributed by atoms with Gasteiger partial charge in [0.25, 0.3) is 0 Å². The minimum Gasteiger partial charge on any atom is -0.354 e.